The van der Waals surface area contributed by atoms with E-state index in [1.807, 2.05) is 35.0 Å². The normalized spacial score (nSPS) is 17.2. The van der Waals surface area contributed by atoms with Gasteiger partial charge in [0.2, 0.25) is 11.8 Å². The summed E-state index contributed by atoms with van der Waals surface area (Å²) in [6, 6.07) is 8.03. The van der Waals surface area contributed by atoms with Gasteiger partial charge in [-0.15, -0.1) is 24.2 Å². The lowest BCUT2D eigenvalue weighted by Gasteiger charge is -2.32. The molecule has 0 radical (unpaired) electrons. The summed E-state index contributed by atoms with van der Waals surface area (Å²) in [5.74, 6) is 1.83. The van der Waals surface area contributed by atoms with Gasteiger partial charge in [0.15, 0.2) is 0 Å². The SMILES string of the molecule is CNCCC1CCN(C(=O)CCC(=O)N2CCSc3ccccc32)CC1.Cl. The van der Waals surface area contributed by atoms with Gasteiger partial charge in [0.05, 0.1) is 5.69 Å². The standard InChI is InChI=1S/C20H29N3O2S.ClH/c1-21-11-8-16-9-12-22(13-10-16)19(24)6-7-20(25)23-14-15-26-18-5-3-2-4-17(18)23;/h2-5,16,21H,6-15H2,1H3;1H. The molecule has 1 aromatic carbocycles. The highest BCUT2D eigenvalue weighted by molar-refractivity contribution is 7.99. The summed E-state index contributed by atoms with van der Waals surface area (Å²) in [4.78, 5) is 30.1. The van der Waals surface area contributed by atoms with Crippen LogP contribution in [0, 0.1) is 5.92 Å². The number of likely N-dealkylation sites (tertiary alicyclic amines) is 1. The minimum atomic E-state index is 0. The van der Waals surface area contributed by atoms with E-state index < -0.39 is 0 Å². The van der Waals surface area contributed by atoms with Crippen molar-refractivity contribution in [1.82, 2.24) is 10.2 Å². The Balaban J connectivity index is 0.00000261. The zero-order valence-electron chi connectivity index (χ0n) is 16.0. The number of hydrogen-bond acceptors (Lipinski definition) is 4. The van der Waals surface area contributed by atoms with Crippen molar-refractivity contribution in [2.24, 2.45) is 5.92 Å². The Labute approximate surface area is 172 Å². The molecule has 2 amide bonds. The van der Waals surface area contributed by atoms with E-state index in [0.29, 0.717) is 12.8 Å². The Morgan fingerprint density at radius 2 is 1.81 bits per heavy atom. The van der Waals surface area contributed by atoms with Gasteiger partial charge in [-0.3, -0.25) is 9.59 Å². The molecule has 3 rings (SSSR count). The summed E-state index contributed by atoms with van der Waals surface area (Å²) >= 11 is 1.79. The number of halogens is 1. The third-order valence-corrected chi connectivity index (χ3v) is 6.40. The molecule has 1 aromatic rings. The highest BCUT2D eigenvalue weighted by atomic mass is 35.5. The van der Waals surface area contributed by atoms with Crippen LogP contribution >= 0.6 is 24.2 Å². The molecule has 0 aliphatic carbocycles. The van der Waals surface area contributed by atoms with Gasteiger partial charge in [0.25, 0.3) is 0 Å². The Morgan fingerprint density at radius 3 is 2.56 bits per heavy atom. The van der Waals surface area contributed by atoms with E-state index in [9.17, 15) is 9.59 Å². The Bertz CT molecular complexity index is 635. The number of amides is 2. The van der Waals surface area contributed by atoms with E-state index in [1.54, 1.807) is 11.8 Å². The Hall–Kier alpha value is -1.24. The second kappa shape index (κ2) is 10.9. The maximum Gasteiger partial charge on any atom is 0.227 e. The van der Waals surface area contributed by atoms with Crippen LogP contribution in [-0.2, 0) is 9.59 Å². The minimum absolute atomic E-state index is 0. The van der Waals surface area contributed by atoms with E-state index >= 15 is 0 Å². The Kier molecular flexibility index (Phi) is 8.93. The molecule has 27 heavy (non-hydrogen) atoms. The van der Waals surface area contributed by atoms with Crippen LogP contribution in [0.25, 0.3) is 0 Å². The summed E-state index contributed by atoms with van der Waals surface area (Å²) in [6.45, 7) is 3.45. The van der Waals surface area contributed by atoms with Gasteiger partial charge < -0.3 is 15.1 Å². The quantitative estimate of drug-likeness (QED) is 0.781. The zero-order valence-corrected chi connectivity index (χ0v) is 17.6. The van der Waals surface area contributed by atoms with Gasteiger partial charge in [-0.05, 0) is 50.9 Å². The average molecular weight is 412 g/mol. The number of thioether (sulfide) groups is 1. The summed E-state index contributed by atoms with van der Waals surface area (Å²) < 4.78 is 0. The molecule has 0 spiro atoms. The third-order valence-electron chi connectivity index (χ3n) is 5.35. The Morgan fingerprint density at radius 1 is 1.11 bits per heavy atom. The number of para-hydroxylation sites is 1. The molecule has 2 aliphatic heterocycles. The molecule has 1 fully saturated rings. The molecule has 2 aliphatic rings. The molecule has 0 atom stereocenters. The van der Waals surface area contributed by atoms with Crippen LogP contribution in [-0.4, -0.2) is 55.7 Å². The monoisotopic (exact) mass is 411 g/mol. The number of anilines is 1. The van der Waals surface area contributed by atoms with Crippen LogP contribution < -0.4 is 10.2 Å². The van der Waals surface area contributed by atoms with Gasteiger partial charge in [-0.1, -0.05) is 12.1 Å². The predicted octanol–water partition coefficient (Wildman–Crippen LogP) is 3.18. The first-order valence-corrected chi connectivity index (χ1v) is 10.6. The van der Waals surface area contributed by atoms with Gasteiger partial charge in [-0.2, -0.15) is 0 Å². The van der Waals surface area contributed by atoms with Crippen LogP contribution in [0.15, 0.2) is 29.2 Å². The molecule has 0 unspecified atom stereocenters. The fourth-order valence-corrected chi connectivity index (χ4v) is 4.75. The molecule has 0 aromatic heterocycles. The highest BCUT2D eigenvalue weighted by Crippen LogP contribution is 2.34. The number of rotatable bonds is 6. The molecule has 5 nitrogen and oxygen atoms in total. The van der Waals surface area contributed by atoms with E-state index in [2.05, 4.69) is 11.4 Å². The van der Waals surface area contributed by atoms with Crippen molar-refractivity contribution < 1.29 is 9.59 Å². The van der Waals surface area contributed by atoms with Crippen molar-refractivity contribution in [3.8, 4) is 0 Å². The number of benzene rings is 1. The van der Waals surface area contributed by atoms with Crippen LogP contribution in [0.1, 0.15) is 32.1 Å². The predicted molar refractivity (Wildman–Crippen MR) is 114 cm³/mol. The lowest BCUT2D eigenvalue weighted by molar-refractivity contribution is -0.134. The largest absolute Gasteiger partial charge is 0.343 e. The van der Waals surface area contributed by atoms with Crippen LogP contribution in [0.4, 0.5) is 5.69 Å². The van der Waals surface area contributed by atoms with Crippen LogP contribution in [0.2, 0.25) is 0 Å². The van der Waals surface area contributed by atoms with Gasteiger partial charge in [0.1, 0.15) is 0 Å². The van der Waals surface area contributed by atoms with E-state index in [0.717, 1.165) is 61.3 Å². The lowest BCUT2D eigenvalue weighted by atomic mass is 9.93. The van der Waals surface area contributed by atoms with E-state index in [-0.39, 0.29) is 24.2 Å². The van der Waals surface area contributed by atoms with Crippen molar-refractivity contribution in [2.45, 2.75) is 37.0 Å². The van der Waals surface area contributed by atoms with Crippen molar-refractivity contribution in [3.05, 3.63) is 24.3 Å². The number of nitrogens with one attached hydrogen (secondary N) is 1. The van der Waals surface area contributed by atoms with Crippen molar-refractivity contribution in [2.75, 3.05) is 43.9 Å². The zero-order chi connectivity index (χ0) is 18.4. The maximum atomic E-state index is 12.7. The molecule has 1 N–H and O–H groups in total. The summed E-state index contributed by atoms with van der Waals surface area (Å²) in [6.07, 6.45) is 3.98. The van der Waals surface area contributed by atoms with E-state index in [4.69, 9.17) is 0 Å². The second-order valence-electron chi connectivity index (χ2n) is 7.08. The number of hydrogen-bond donors (Lipinski definition) is 1. The first kappa shape index (κ1) is 22.1. The summed E-state index contributed by atoms with van der Waals surface area (Å²) in [5.41, 5.74) is 0.992. The second-order valence-corrected chi connectivity index (χ2v) is 8.21. The first-order valence-electron chi connectivity index (χ1n) is 9.63. The van der Waals surface area contributed by atoms with Crippen molar-refractivity contribution >= 4 is 41.7 Å². The fraction of sp³-hybridized carbons (Fsp3) is 0.600. The molecular formula is C20H30ClN3O2S. The van der Waals surface area contributed by atoms with E-state index in [1.165, 1.54) is 6.42 Å². The molecule has 0 bridgehead atoms. The molecule has 150 valence electrons. The number of piperidine rings is 1. The highest BCUT2D eigenvalue weighted by Gasteiger charge is 2.25. The van der Waals surface area contributed by atoms with Gasteiger partial charge >= 0.3 is 0 Å². The molecular weight excluding hydrogens is 382 g/mol. The number of nitrogens with zero attached hydrogens (tertiary/aromatic N) is 2. The van der Waals surface area contributed by atoms with Crippen LogP contribution in [0.3, 0.4) is 0 Å². The van der Waals surface area contributed by atoms with Gasteiger partial charge in [-0.25, -0.2) is 0 Å². The first-order chi connectivity index (χ1) is 12.7. The van der Waals surface area contributed by atoms with Crippen molar-refractivity contribution in [3.63, 3.8) is 0 Å². The smallest absolute Gasteiger partial charge is 0.227 e. The third kappa shape index (κ3) is 5.87. The molecule has 2 heterocycles. The van der Waals surface area contributed by atoms with Gasteiger partial charge in [0, 0.05) is 43.1 Å². The van der Waals surface area contributed by atoms with Crippen molar-refractivity contribution in [1.29, 1.82) is 0 Å². The van der Waals surface area contributed by atoms with Crippen LogP contribution in [0.5, 0.6) is 0 Å². The lowest BCUT2D eigenvalue weighted by Crippen LogP contribution is -2.40. The number of fused-ring (bicyclic) bond motifs is 1. The maximum absolute atomic E-state index is 12.7. The average Bonchev–Trinajstić information content (AvgIpc) is 2.70. The molecule has 1 saturated heterocycles. The summed E-state index contributed by atoms with van der Waals surface area (Å²) in [7, 11) is 1.98. The molecule has 7 heteroatoms. The molecule has 0 saturated carbocycles. The topological polar surface area (TPSA) is 52.7 Å². The minimum Gasteiger partial charge on any atom is -0.343 e. The fourth-order valence-electron chi connectivity index (χ4n) is 3.76. The summed E-state index contributed by atoms with van der Waals surface area (Å²) in [5, 5.41) is 3.20. The number of carbonyl (C=O) groups is 2. The number of carbonyl (C=O) groups excluding carboxylic acids is 2.